The normalized spacial score (nSPS) is 10.7. The van der Waals surface area contributed by atoms with Crippen LogP contribution in [-0.4, -0.2) is 33.9 Å². The van der Waals surface area contributed by atoms with Gasteiger partial charge in [-0.25, -0.2) is 9.48 Å². The topological polar surface area (TPSA) is 111 Å². The van der Waals surface area contributed by atoms with Crippen molar-refractivity contribution in [2.24, 2.45) is 0 Å². The Hall–Kier alpha value is -4.46. The fraction of sp³-hybridized carbons (Fsp3) is 0.0833. The second-order valence-electron chi connectivity index (χ2n) is 6.99. The number of esters is 1. The number of rotatable bonds is 5. The predicted octanol–water partition coefficient (Wildman–Crippen LogP) is 3.19. The van der Waals surface area contributed by atoms with Crippen molar-refractivity contribution < 1.29 is 19.4 Å². The van der Waals surface area contributed by atoms with Crippen molar-refractivity contribution in [1.29, 1.82) is 0 Å². The second kappa shape index (κ2) is 8.73. The minimum Gasteiger partial charge on any atom is -0.505 e. The number of phenolic OH excluding ortho intramolecular Hbond substituents is 1. The van der Waals surface area contributed by atoms with Crippen molar-refractivity contribution in [2.75, 3.05) is 12.4 Å². The molecule has 0 fully saturated rings. The third-order valence-electron chi connectivity index (χ3n) is 4.95. The van der Waals surface area contributed by atoms with Gasteiger partial charge in [0, 0.05) is 5.39 Å². The maximum atomic E-state index is 13.1. The first-order valence-electron chi connectivity index (χ1n) is 9.75. The Morgan fingerprint density at radius 3 is 2.38 bits per heavy atom. The number of ether oxygens (including phenoxy) is 1. The molecule has 1 amide bonds. The molecule has 0 aliphatic carbocycles. The molecule has 0 radical (unpaired) electrons. The SMILES string of the molecule is COC(=O)c1cccc(NC(=O)c2nn(Cc3ccccc3)c(=O)c3ccccc23)c1O. The van der Waals surface area contributed by atoms with E-state index in [9.17, 15) is 19.5 Å². The van der Waals surface area contributed by atoms with E-state index in [1.165, 1.54) is 30.0 Å². The number of methoxy groups -OCH3 is 1. The molecule has 160 valence electrons. The van der Waals surface area contributed by atoms with E-state index in [0.29, 0.717) is 10.8 Å². The van der Waals surface area contributed by atoms with Gasteiger partial charge in [-0.05, 0) is 23.8 Å². The van der Waals surface area contributed by atoms with Gasteiger partial charge in [-0.1, -0.05) is 54.6 Å². The number of hydrogen-bond acceptors (Lipinski definition) is 6. The van der Waals surface area contributed by atoms with Crippen molar-refractivity contribution in [3.05, 3.63) is 100.0 Å². The van der Waals surface area contributed by atoms with Gasteiger partial charge in [-0.15, -0.1) is 0 Å². The van der Waals surface area contributed by atoms with Gasteiger partial charge in [0.2, 0.25) is 0 Å². The molecule has 0 bridgehead atoms. The molecular formula is C24H19N3O5. The summed E-state index contributed by atoms with van der Waals surface area (Å²) in [5.41, 5.74) is 0.476. The monoisotopic (exact) mass is 429 g/mol. The number of benzene rings is 3. The van der Waals surface area contributed by atoms with E-state index in [1.807, 2.05) is 30.3 Å². The first-order chi connectivity index (χ1) is 15.5. The van der Waals surface area contributed by atoms with Crippen LogP contribution in [0.5, 0.6) is 5.75 Å². The van der Waals surface area contributed by atoms with Crippen LogP contribution >= 0.6 is 0 Å². The molecule has 8 nitrogen and oxygen atoms in total. The Labute approximate surface area is 182 Å². The van der Waals surface area contributed by atoms with Gasteiger partial charge in [0.25, 0.3) is 11.5 Å². The summed E-state index contributed by atoms with van der Waals surface area (Å²) in [5, 5.41) is 18.0. The zero-order valence-electron chi connectivity index (χ0n) is 17.1. The number of para-hydroxylation sites is 1. The van der Waals surface area contributed by atoms with Gasteiger partial charge in [-0.3, -0.25) is 9.59 Å². The summed E-state index contributed by atoms with van der Waals surface area (Å²) in [6, 6.07) is 20.3. The largest absolute Gasteiger partial charge is 0.505 e. The van der Waals surface area contributed by atoms with Gasteiger partial charge >= 0.3 is 5.97 Å². The molecule has 1 heterocycles. The van der Waals surface area contributed by atoms with Gasteiger partial charge in [-0.2, -0.15) is 5.10 Å². The van der Waals surface area contributed by atoms with E-state index in [1.54, 1.807) is 24.3 Å². The number of aromatic nitrogens is 2. The molecule has 0 saturated heterocycles. The summed E-state index contributed by atoms with van der Waals surface area (Å²) in [6.45, 7) is 0.188. The Morgan fingerprint density at radius 1 is 0.969 bits per heavy atom. The number of fused-ring (bicyclic) bond motifs is 1. The van der Waals surface area contributed by atoms with Crippen LogP contribution in [-0.2, 0) is 11.3 Å². The van der Waals surface area contributed by atoms with Crippen LogP contribution in [0.3, 0.4) is 0 Å². The number of carbonyl (C=O) groups is 2. The van der Waals surface area contributed by atoms with E-state index >= 15 is 0 Å². The molecule has 2 N–H and O–H groups in total. The van der Waals surface area contributed by atoms with Gasteiger partial charge in [0.1, 0.15) is 5.56 Å². The highest BCUT2D eigenvalue weighted by molar-refractivity contribution is 6.12. The highest BCUT2D eigenvalue weighted by Crippen LogP contribution is 2.28. The summed E-state index contributed by atoms with van der Waals surface area (Å²) in [6.07, 6.45) is 0. The van der Waals surface area contributed by atoms with E-state index in [4.69, 9.17) is 0 Å². The number of hydrogen-bond donors (Lipinski definition) is 2. The molecule has 8 heteroatoms. The van der Waals surface area contributed by atoms with Crippen molar-refractivity contribution in [3.63, 3.8) is 0 Å². The summed E-state index contributed by atoms with van der Waals surface area (Å²) in [7, 11) is 1.19. The minimum atomic E-state index is -0.737. The number of aromatic hydroxyl groups is 1. The maximum absolute atomic E-state index is 13.1. The van der Waals surface area contributed by atoms with Gasteiger partial charge < -0.3 is 15.2 Å². The lowest BCUT2D eigenvalue weighted by Crippen LogP contribution is -2.28. The summed E-state index contributed by atoms with van der Waals surface area (Å²) in [5.74, 6) is -1.80. The molecule has 4 aromatic rings. The third kappa shape index (κ3) is 3.93. The highest BCUT2D eigenvalue weighted by atomic mass is 16.5. The molecule has 1 aromatic heterocycles. The highest BCUT2D eigenvalue weighted by Gasteiger charge is 2.20. The molecular weight excluding hydrogens is 410 g/mol. The summed E-state index contributed by atoms with van der Waals surface area (Å²) < 4.78 is 5.88. The lowest BCUT2D eigenvalue weighted by Gasteiger charge is -2.13. The van der Waals surface area contributed by atoms with Crippen LogP contribution in [0.25, 0.3) is 10.8 Å². The quantitative estimate of drug-likeness (QED) is 0.372. The van der Waals surface area contributed by atoms with E-state index in [2.05, 4.69) is 15.2 Å². The molecule has 3 aromatic carbocycles. The average Bonchev–Trinajstić information content (AvgIpc) is 2.82. The molecule has 0 aliphatic rings. The zero-order valence-corrected chi connectivity index (χ0v) is 17.1. The maximum Gasteiger partial charge on any atom is 0.341 e. The molecule has 0 aliphatic heterocycles. The van der Waals surface area contributed by atoms with E-state index in [-0.39, 0.29) is 29.0 Å². The molecule has 0 spiro atoms. The minimum absolute atomic E-state index is 0.0130. The average molecular weight is 429 g/mol. The number of phenols is 1. The van der Waals surface area contributed by atoms with Gasteiger partial charge in [0.05, 0.1) is 24.7 Å². The molecule has 4 rings (SSSR count). The van der Waals surface area contributed by atoms with Crippen LogP contribution in [0.15, 0.2) is 77.6 Å². The fourth-order valence-corrected chi connectivity index (χ4v) is 3.37. The van der Waals surface area contributed by atoms with Crippen LogP contribution in [0.1, 0.15) is 26.4 Å². The summed E-state index contributed by atoms with van der Waals surface area (Å²) in [4.78, 5) is 37.9. The molecule has 0 atom stereocenters. The molecule has 0 unspecified atom stereocenters. The standard InChI is InChI=1S/C24H19N3O5/c1-32-24(31)18-12-7-13-19(21(18)28)25-22(29)20-16-10-5-6-11-17(16)23(30)27(26-20)14-15-8-3-2-4-9-15/h2-13,28H,14H2,1H3,(H,25,29). The lowest BCUT2D eigenvalue weighted by atomic mass is 10.1. The predicted molar refractivity (Wildman–Crippen MR) is 119 cm³/mol. The van der Waals surface area contributed by atoms with Crippen LogP contribution in [0.4, 0.5) is 5.69 Å². The summed E-state index contributed by atoms with van der Waals surface area (Å²) >= 11 is 0. The zero-order chi connectivity index (χ0) is 22.7. The second-order valence-corrected chi connectivity index (χ2v) is 6.99. The Kier molecular flexibility index (Phi) is 5.67. The van der Waals surface area contributed by atoms with E-state index in [0.717, 1.165) is 5.56 Å². The van der Waals surface area contributed by atoms with Crippen molar-refractivity contribution in [1.82, 2.24) is 9.78 Å². The molecule has 0 saturated carbocycles. The number of nitrogens with zero attached hydrogens (tertiary/aromatic N) is 2. The van der Waals surface area contributed by atoms with Crippen molar-refractivity contribution >= 4 is 28.3 Å². The first kappa shape index (κ1) is 20.8. The number of carbonyl (C=O) groups excluding carboxylic acids is 2. The van der Waals surface area contributed by atoms with E-state index < -0.39 is 17.6 Å². The Morgan fingerprint density at radius 2 is 1.66 bits per heavy atom. The van der Waals surface area contributed by atoms with Crippen molar-refractivity contribution in [3.8, 4) is 5.75 Å². The number of nitrogens with one attached hydrogen (secondary N) is 1. The smallest absolute Gasteiger partial charge is 0.341 e. The van der Waals surface area contributed by atoms with Crippen LogP contribution in [0.2, 0.25) is 0 Å². The Balaban J connectivity index is 1.77. The fourth-order valence-electron chi connectivity index (χ4n) is 3.37. The van der Waals surface area contributed by atoms with Crippen LogP contribution < -0.4 is 10.9 Å². The van der Waals surface area contributed by atoms with Gasteiger partial charge in [0.15, 0.2) is 11.4 Å². The lowest BCUT2D eigenvalue weighted by molar-refractivity contribution is 0.0597. The first-order valence-corrected chi connectivity index (χ1v) is 9.75. The Bertz CT molecular complexity index is 1380. The number of amides is 1. The molecule has 32 heavy (non-hydrogen) atoms. The van der Waals surface area contributed by atoms with Crippen molar-refractivity contribution in [2.45, 2.75) is 6.54 Å². The van der Waals surface area contributed by atoms with Crippen LogP contribution in [0, 0.1) is 0 Å². The number of anilines is 1. The third-order valence-corrected chi connectivity index (χ3v) is 4.95.